The highest BCUT2D eigenvalue weighted by Gasteiger charge is 2.22. The number of aromatic nitrogens is 3. The normalized spacial score (nSPS) is 17.6. The second kappa shape index (κ2) is 4.24. The Kier molecular flexibility index (Phi) is 2.41. The van der Waals surface area contributed by atoms with Crippen molar-refractivity contribution in [1.82, 2.24) is 20.1 Å². The molecule has 4 rings (SSSR count). The third-order valence-corrected chi connectivity index (χ3v) is 3.63. The van der Waals surface area contributed by atoms with Crippen LogP contribution in [0.25, 0.3) is 5.69 Å². The molecule has 0 amide bonds. The number of nitrogens with zero attached hydrogens (tertiary/aromatic N) is 4. The lowest BCUT2D eigenvalue weighted by Gasteiger charge is -2.25. The predicted octanol–water partition coefficient (Wildman–Crippen LogP) is 0.602. The molecule has 1 aromatic heterocycles. The van der Waals surface area contributed by atoms with Crippen LogP contribution in [0.2, 0.25) is 0 Å². The highest BCUT2D eigenvalue weighted by atomic mass is 15.4. The second-order valence-electron chi connectivity index (χ2n) is 4.85. The van der Waals surface area contributed by atoms with Crippen LogP contribution < -0.4 is 15.5 Å². The number of hydrogen-bond donors (Lipinski definition) is 2. The molecule has 2 N–H and O–H groups in total. The molecule has 1 aromatic carbocycles. The number of fused-ring (bicyclic) bond motifs is 3. The zero-order chi connectivity index (χ0) is 12.7. The highest BCUT2D eigenvalue weighted by Crippen LogP contribution is 2.26. The molecule has 3 heterocycles. The van der Waals surface area contributed by atoms with Crippen molar-refractivity contribution in [2.45, 2.75) is 6.54 Å². The Morgan fingerprint density at radius 3 is 2.84 bits per heavy atom. The molecule has 1 fully saturated rings. The molecule has 6 nitrogen and oxygen atoms in total. The predicted molar refractivity (Wildman–Crippen MR) is 73.8 cm³/mol. The fraction of sp³-hybridized carbons (Fsp3) is 0.385. The smallest absolute Gasteiger partial charge is 0.245 e. The molecule has 98 valence electrons. The Bertz CT molecular complexity index is 599. The second-order valence-corrected chi connectivity index (χ2v) is 4.85. The van der Waals surface area contributed by atoms with E-state index in [0.717, 1.165) is 55.9 Å². The van der Waals surface area contributed by atoms with Crippen LogP contribution in [-0.2, 0) is 6.54 Å². The van der Waals surface area contributed by atoms with Crippen molar-refractivity contribution < 1.29 is 0 Å². The Labute approximate surface area is 111 Å². The molecule has 0 aliphatic carbocycles. The van der Waals surface area contributed by atoms with Gasteiger partial charge in [0.25, 0.3) is 0 Å². The summed E-state index contributed by atoms with van der Waals surface area (Å²) in [5.74, 6) is 1.82. The van der Waals surface area contributed by atoms with Crippen LogP contribution in [0, 0.1) is 0 Å². The molecule has 2 aromatic rings. The van der Waals surface area contributed by atoms with Gasteiger partial charge in [-0.2, -0.15) is 4.98 Å². The largest absolute Gasteiger partial charge is 0.376 e. The van der Waals surface area contributed by atoms with E-state index in [1.54, 1.807) is 0 Å². The fourth-order valence-electron chi connectivity index (χ4n) is 2.62. The lowest BCUT2D eigenvalue weighted by atomic mass is 10.2. The maximum atomic E-state index is 4.68. The van der Waals surface area contributed by atoms with Gasteiger partial charge < -0.3 is 15.5 Å². The zero-order valence-electron chi connectivity index (χ0n) is 10.6. The van der Waals surface area contributed by atoms with E-state index >= 15 is 0 Å². The highest BCUT2D eigenvalue weighted by molar-refractivity contribution is 5.63. The number of anilines is 2. The SMILES string of the molecule is c1ccc2c(c1)NCc1nc(N3CCNCC3)nn1-2. The maximum Gasteiger partial charge on any atom is 0.245 e. The van der Waals surface area contributed by atoms with Crippen LogP contribution in [-0.4, -0.2) is 40.9 Å². The number of piperazine rings is 1. The summed E-state index contributed by atoms with van der Waals surface area (Å²) in [4.78, 5) is 6.90. The van der Waals surface area contributed by atoms with Crippen LogP contribution >= 0.6 is 0 Å². The minimum atomic E-state index is 0.732. The molecule has 0 unspecified atom stereocenters. The van der Waals surface area contributed by atoms with Crippen molar-refractivity contribution in [2.75, 3.05) is 36.4 Å². The van der Waals surface area contributed by atoms with Gasteiger partial charge in [0.15, 0.2) is 5.82 Å². The minimum Gasteiger partial charge on any atom is -0.376 e. The van der Waals surface area contributed by atoms with E-state index in [2.05, 4.69) is 37.7 Å². The van der Waals surface area contributed by atoms with E-state index in [1.807, 2.05) is 16.8 Å². The lowest BCUT2D eigenvalue weighted by molar-refractivity contribution is 0.579. The summed E-state index contributed by atoms with van der Waals surface area (Å²) >= 11 is 0. The number of rotatable bonds is 1. The van der Waals surface area contributed by atoms with Gasteiger partial charge in [-0.15, -0.1) is 5.10 Å². The Morgan fingerprint density at radius 2 is 1.95 bits per heavy atom. The minimum absolute atomic E-state index is 0.732. The summed E-state index contributed by atoms with van der Waals surface area (Å²) in [6.45, 7) is 4.67. The van der Waals surface area contributed by atoms with Crippen molar-refractivity contribution >= 4 is 11.6 Å². The summed E-state index contributed by atoms with van der Waals surface area (Å²) in [7, 11) is 0. The van der Waals surface area contributed by atoms with Crippen molar-refractivity contribution in [2.24, 2.45) is 0 Å². The average Bonchev–Trinajstić information content (AvgIpc) is 2.93. The first-order chi connectivity index (χ1) is 9.42. The molecule has 0 radical (unpaired) electrons. The Hall–Kier alpha value is -2.08. The van der Waals surface area contributed by atoms with Crippen LogP contribution in [0.15, 0.2) is 24.3 Å². The third-order valence-electron chi connectivity index (χ3n) is 3.63. The Balaban J connectivity index is 1.74. The zero-order valence-corrected chi connectivity index (χ0v) is 10.6. The Morgan fingerprint density at radius 1 is 1.11 bits per heavy atom. The molecule has 19 heavy (non-hydrogen) atoms. The van der Waals surface area contributed by atoms with Gasteiger partial charge in [-0.3, -0.25) is 0 Å². The lowest BCUT2D eigenvalue weighted by Crippen LogP contribution is -2.44. The van der Waals surface area contributed by atoms with Crippen LogP contribution in [0.4, 0.5) is 11.6 Å². The number of nitrogens with one attached hydrogen (secondary N) is 2. The number of benzene rings is 1. The number of para-hydroxylation sites is 2. The summed E-state index contributed by atoms with van der Waals surface area (Å²) in [6, 6.07) is 8.21. The summed E-state index contributed by atoms with van der Waals surface area (Å²) in [5.41, 5.74) is 2.20. The molecule has 2 aliphatic heterocycles. The first-order valence-corrected chi connectivity index (χ1v) is 6.67. The molecule has 6 heteroatoms. The molecule has 0 bridgehead atoms. The summed E-state index contributed by atoms with van der Waals surface area (Å²) in [6.07, 6.45) is 0. The van der Waals surface area contributed by atoms with Crippen molar-refractivity contribution in [1.29, 1.82) is 0 Å². The standard InChI is InChI=1S/C13H16N6/c1-2-4-11-10(3-1)15-9-12-16-13(17-19(11)12)18-7-5-14-6-8-18/h1-4,14-15H,5-9H2. The van der Waals surface area contributed by atoms with Gasteiger partial charge >= 0.3 is 0 Å². The van der Waals surface area contributed by atoms with Crippen molar-refractivity contribution in [3.05, 3.63) is 30.1 Å². The van der Waals surface area contributed by atoms with E-state index in [4.69, 9.17) is 0 Å². The first kappa shape index (κ1) is 10.8. The van der Waals surface area contributed by atoms with Gasteiger partial charge in [-0.25, -0.2) is 4.68 Å². The average molecular weight is 256 g/mol. The topological polar surface area (TPSA) is 58.0 Å². The van der Waals surface area contributed by atoms with Gasteiger partial charge in [0, 0.05) is 26.2 Å². The first-order valence-electron chi connectivity index (χ1n) is 6.67. The third kappa shape index (κ3) is 1.76. The van der Waals surface area contributed by atoms with E-state index in [9.17, 15) is 0 Å². The van der Waals surface area contributed by atoms with Gasteiger partial charge in [0.05, 0.1) is 17.9 Å². The maximum absolute atomic E-state index is 4.68. The van der Waals surface area contributed by atoms with Crippen molar-refractivity contribution in [3.63, 3.8) is 0 Å². The molecule has 0 atom stereocenters. The molecule has 1 saturated heterocycles. The summed E-state index contributed by atoms with van der Waals surface area (Å²) < 4.78 is 1.96. The van der Waals surface area contributed by atoms with Gasteiger partial charge in [-0.1, -0.05) is 12.1 Å². The van der Waals surface area contributed by atoms with Gasteiger partial charge in [-0.05, 0) is 12.1 Å². The molecule has 2 aliphatic rings. The van der Waals surface area contributed by atoms with E-state index in [1.165, 1.54) is 0 Å². The van der Waals surface area contributed by atoms with Crippen LogP contribution in [0.5, 0.6) is 0 Å². The van der Waals surface area contributed by atoms with E-state index < -0.39 is 0 Å². The van der Waals surface area contributed by atoms with Gasteiger partial charge in [0.2, 0.25) is 5.95 Å². The van der Waals surface area contributed by atoms with Crippen LogP contribution in [0.1, 0.15) is 5.82 Å². The van der Waals surface area contributed by atoms with Gasteiger partial charge in [0.1, 0.15) is 0 Å². The van der Waals surface area contributed by atoms with E-state index in [-0.39, 0.29) is 0 Å². The van der Waals surface area contributed by atoms with E-state index in [0.29, 0.717) is 0 Å². The van der Waals surface area contributed by atoms with Crippen LogP contribution in [0.3, 0.4) is 0 Å². The molecular formula is C13H16N6. The molecule has 0 spiro atoms. The molecular weight excluding hydrogens is 240 g/mol. The monoisotopic (exact) mass is 256 g/mol. The van der Waals surface area contributed by atoms with Crippen molar-refractivity contribution in [3.8, 4) is 5.69 Å². The molecule has 0 saturated carbocycles. The fourth-order valence-corrected chi connectivity index (χ4v) is 2.62. The summed E-state index contributed by atoms with van der Waals surface area (Å²) in [5, 5.41) is 11.4. The quantitative estimate of drug-likeness (QED) is 0.782. The number of hydrogen-bond acceptors (Lipinski definition) is 5.